The van der Waals surface area contributed by atoms with Gasteiger partial charge in [-0.15, -0.1) is 0 Å². The molecule has 3 aliphatic heterocycles. The maximum absolute atomic E-state index is 14.9. The number of cyclic esters (lactones) is 1. The number of amides is 1. The number of fused-ring (bicyclic) bond motifs is 3. The first-order valence-electron chi connectivity index (χ1n) is 24.9. The summed E-state index contributed by atoms with van der Waals surface area (Å²) < 4.78 is 32.4. The highest BCUT2D eigenvalue weighted by atomic mass is 28.4. The molecule has 1 aliphatic carbocycles. The molecule has 65 heavy (non-hydrogen) atoms. The molecule has 1 amide bonds. The largest absolute Gasteiger partial charge is 0.456 e. The zero-order valence-electron chi connectivity index (χ0n) is 42.3. The maximum Gasteiger partial charge on any atom is 0.329 e. The Bertz CT molecular complexity index is 1660. The summed E-state index contributed by atoms with van der Waals surface area (Å²) in [6.45, 7) is 25.0. The van der Waals surface area contributed by atoms with Gasteiger partial charge in [-0.3, -0.25) is 14.4 Å². The van der Waals surface area contributed by atoms with Gasteiger partial charge in [0.1, 0.15) is 24.0 Å². The van der Waals surface area contributed by atoms with E-state index >= 15 is 0 Å². The molecule has 14 heteroatoms. The van der Waals surface area contributed by atoms with E-state index in [0.29, 0.717) is 51.4 Å². The quantitative estimate of drug-likeness (QED) is 0.0833. The third-order valence-corrected chi connectivity index (χ3v) is 21.8. The fourth-order valence-electron chi connectivity index (χ4n) is 12.0. The zero-order valence-corrected chi connectivity index (χ0v) is 43.3. The molecule has 0 spiro atoms. The maximum atomic E-state index is 14.9. The SMILES string of the molecule is CCC1C=C(C)CC(C)CC(OC)C2OC(O)(C(=O)C(=O)N3CCCCC3C(=O)OC(C(C)=CC3CCC(O)C(O)C3)C(C)C(O[Si](C(C)C)(C(C)C)C(C)C)CC1=O)C(C)CC2OC. The van der Waals surface area contributed by atoms with Crippen LogP contribution in [-0.4, -0.2) is 127 Å². The van der Waals surface area contributed by atoms with Gasteiger partial charge in [0, 0.05) is 44.9 Å². The number of esters is 1. The molecule has 4 rings (SSSR count). The van der Waals surface area contributed by atoms with Gasteiger partial charge in [0.05, 0.1) is 30.5 Å². The number of aliphatic hydroxyl groups is 3. The molecule has 1 saturated carbocycles. The first kappa shape index (κ1) is 55.3. The average molecular weight is 934 g/mol. The van der Waals surface area contributed by atoms with E-state index in [0.717, 1.165) is 11.1 Å². The van der Waals surface area contributed by atoms with Crippen LogP contribution < -0.4 is 0 Å². The first-order valence-corrected chi connectivity index (χ1v) is 27.0. The molecule has 2 bridgehead atoms. The molecule has 14 atom stereocenters. The fraction of sp³-hybridized carbons (Fsp3) is 0.843. The third kappa shape index (κ3) is 12.7. The minimum Gasteiger partial charge on any atom is -0.456 e. The molecule has 3 N–H and O–H groups in total. The monoisotopic (exact) mass is 934 g/mol. The van der Waals surface area contributed by atoms with Crippen LogP contribution >= 0.6 is 0 Å². The number of carbonyl (C=O) groups excluding carboxylic acids is 4. The van der Waals surface area contributed by atoms with E-state index in [2.05, 4.69) is 54.5 Å². The van der Waals surface area contributed by atoms with Crippen molar-refractivity contribution in [2.45, 2.75) is 225 Å². The predicted molar refractivity (Wildman–Crippen MR) is 253 cm³/mol. The Kier molecular flexibility index (Phi) is 20.3. The molecular weight excluding hydrogens is 847 g/mol. The second-order valence-corrected chi connectivity index (χ2v) is 26.8. The Morgan fingerprint density at radius 3 is 2.06 bits per heavy atom. The number of ether oxygens (including phenoxy) is 4. The van der Waals surface area contributed by atoms with Crippen molar-refractivity contribution in [1.29, 1.82) is 0 Å². The molecule has 3 fully saturated rings. The van der Waals surface area contributed by atoms with Gasteiger partial charge in [0.25, 0.3) is 11.7 Å². The van der Waals surface area contributed by atoms with Crippen molar-refractivity contribution in [3.05, 3.63) is 23.3 Å². The standard InChI is InChI=1S/C51H87NO12Si/c1-15-38-23-32(8)22-33(9)24-44(60-13)47-45(61-14)26-35(11)51(59,63-47)48(56)49(57)52-21-17-16-18-39(52)50(58)62-46(34(10)25-37-19-20-40(53)42(55)27-37)36(12)43(28-41(38)54)64-65(29(2)3,30(4)5)31(6)7/h23,25,29-31,33,35-40,42-47,53,55,59H,15-22,24,26-28H2,1-14H3. The number of ketones is 2. The van der Waals surface area contributed by atoms with Crippen molar-refractivity contribution in [3.8, 4) is 0 Å². The highest BCUT2D eigenvalue weighted by Gasteiger charge is 2.57. The number of hydrogen-bond donors (Lipinski definition) is 3. The fourth-order valence-corrected chi connectivity index (χ4v) is 17.6. The molecule has 13 nitrogen and oxygen atoms in total. The zero-order chi connectivity index (χ0) is 48.7. The summed E-state index contributed by atoms with van der Waals surface area (Å²) in [6.07, 6.45) is 3.61. The lowest BCUT2D eigenvalue weighted by Crippen LogP contribution is -2.64. The number of carbonyl (C=O) groups is 4. The lowest BCUT2D eigenvalue weighted by molar-refractivity contribution is -0.302. The smallest absolute Gasteiger partial charge is 0.329 e. The van der Waals surface area contributed by atoms with E-state index < -0.39 is 98.3 Å². The van der Waals surface area contributed by atoms with E-state index in [1.165, 1.54) is 4.90 Å². The molecule has 3 heterocycles. The van der Waals surface area contributed by atoms with E-state index in [1.807, 2.05) is 33.8 Å². The van der Waals surface area contributed by atoms with Crippen molar-refractivity contribution in [3.63, 3.8) is 0 Å². The lowest BCUT2D eigenvalue weighted by atomic mass is 9.81. The highest BCUT2D eigenvalue weighted by Crippen LogP contribution is 2.46. The van der Waals surface area contributed by atoms with Gasteiger partial charge < -0.3 is 43.6 Å². The van der Waals surface area contributed by atoms with Gasteiger partial charge >= 0.3 is 5.97 Å². The third-order valence-electron chi connectivity index (χ3n) is 15.6. The molecule has 4 aliphatic rings. The van der Waals surface area contributed by atoms with Crippen molar-refractivity contribution >= 4 is 31.8 Å². The van der Waals surface area contributed by atoms with Crippen LogP contribution in [0.2, 0.25) is 16.6 Å². The average Bonchev–Trinajstić information content (AvgIpc) is 3.25. The first-order chi connectivity index (χ1) is 30.5. The van der Waals surface area contributed by atoms with Crippen LogP contribution in [0.5, 0.6) is 0 Å². The molecule has 0 radical (unpaired) electrons. The van der Waals surface area contributed by atoms with Gasteiger partial charge in [-0.1, -0.05) is 87.0 Å². The number of methoxy groups -OCH3 is 2. The van der Waals surface area contributed by atoms with Gasteiger partial charge in [-0.2, -0.15) is 0 Å². The topological polar surface area (TPSA) is 178 Å². The van der Waals surface area contributed by atoms with E-state index in [4.69, 9.17) is 23.4 Å². The normalized spacial score (nSPS) is 37.2. The molecular formula is C51H87NO12Si. The molecule has 0 aromatic carbocycles. The van der Waals surface area contributed by atoms with Crippen molar-refractivity contribution in [1.82, 2.24) is 4.90 Å². The summed E-state index contributed by atoms with van der Waals surface area (Å²) in [5.41, 5.74) is 2.35. The summed E-state index contributed by atoms with van der Waals surface area (Å²) in [6, 6.07) is -1.13. The van der Waals surface area contributed by atoms with E-state index in [9.17, 15) is 34.5 Å². The molecule has 0 aromatic heterocycles. The van der Waals surface area contributed by atoms with Gasteiger partial charge in [0.15, 0.2) is 0 Å². The molecule has 14 unspecified atom stereocenters. The molecule has 372 valence electrons. The van der Waals surface area contributed by atoms with Gasteiger partial charge in [0.2, 0.25) is 14.1 Å². The minimum absolute atomic E-state index is 0.0379. The summed E-state index contributed by atoms with van der Waals surface area (Å²) in [4.78, 5) is 60.0. The Hall–Kier alpha value is -2.30. The number of aliphatic hydroxyl groups excluding tert-OH is 2. The van der Waals surface area contributed by atoms with Crippen LogP contribution in [0.25, 0.3) is 0 Å². The van der Waals surface area contributed by atoms with Crippen LogP contribution in [0.15, 0.2) is 23.3 Å². The number of piperidine rings is 1. The summed E-state index contributed by atoms with van der Waals surface area (Å²) in [7, 11) is 0.449. The Morgan fingerprint density at radius 2 is 1.49 bits per heavy atom. The summed E-state index contributed by atoms with van der Waals surface area (Å²) in [5.74, 6) is -7.15. The van der Waals surface area contributed by atoms with E-state index in [-0.39, 0.29) is 60.0 Å². The second-order valence-electron chi connectivity index (χ2n) is 21.4. The van der Waals surface area contributed by atoms with Crippen molar-refractivity contribution in [2.75, 3.05) is 20.8 Å². The number of Topliss-reactive ketones (excluding diaryl/α,β-unsaturated/α-hetero) is 2. The lowest BCUT2D eigenvalue weighted by Gasteiger charge is -2.47. The summed E-state index contributed by atoms with van der Waals surface area (Å²) >= 11 is 0. The minimum atomic E-state index is -2.65. The Balaban J connectivity index is 1.93. The molecule has 2 saturated heterocycles. The van der Waals surface area contributed by atoms with E-state index in [1.54, 1.807) is 21.1 Å². The number of nitrogens with zero attached hydrogens (tertiary/aromatic N) is 1. The molecule has 0 aromatic rings. The van der Waals surface area contributed by atoms with Crippen molar-refractivity contribution in [2.24, 2.45) is 29.6 Å². The number of rotatable bonds is 10. The second kappa shape index (κ2) is 23.8. The van der Waals surface area contributed by atoms with Crippen molar-refractivity contribution < 1.29 is 57.9 Å². The van der Waals surface area contributed by atoms with Crippen LogP contribution in [0.4, 0.5) is 0 Å². The van der Waals surface area contributed by atoms with Crippen LogP contribution in [0.3, 0.4) is 0 Å². The number of hydrogen-bond acceptors (Lipinski definition) is 12. The van der Waals surface area contributed by atoms with Gasteiger partial charge in [-0.25, -0.2) is 4.79 Å². The van der Waals surface area contributed by atoms with Gasteiger partial charge in [-0.05, 0) is 112 Å². The van der Waals surface area contributed by atoms with Crippen LogP contribution in [0, 0.1) is 29.6 Å². The number of allylic oxidation sites excluding steroid dienone is 3. The van der Waals surface area contributed by atoms with Crippen LogP contribution in [-0.2, 0) is 42.6 Å². The summed E-state index contributed by atoms with van der Waals surface area (Å²) in [5, 5.41) is 33.2. The Labute approximate surface area is 391 Å². The Morgan fingerprint density at radius 1 is 0.877 bits per heavy atom. The predicted octanol–water partition coefficient (Wildman–Crippen LogP) is 8.02. The highest BCUT2D eigenvalue weighted by molar-refractivity contribution is 6.77. The van der Waals surface area contributed by atoms with Crippen LogP contribution in [0.1, 0.15) is 154 Å².